The summed E-state index contributed by atoms with van der Waals surface area (Å²) in [5.41, 5.74) is 13.4. The summed E-state index contributed by atoms with van der Waals surface area (Å²) < 4.78 is 6.35. The number of carbonyl (C=O) groups excluding carboxylic acids is 1. The molecule has 4 nitrogen and oxygen atoms in total. The van der Waals surface area contributed by atoms with Crippen LogP contribution in [0.5, 0.6) is 0 Å². The molecule has 0 heterocycles. The van der Waals surface area contributed by atoms with Crippen molar-refractivity contribution in [2.24, 2.45) is 0 Å². The predicted molar refractivity (Wildman–Crippen MR) is 83.5 cm³/mol. The number of esters is 1. The second kappa shape index (κ2) is 5.92. The standard InChI is InChI=1S/C14H13IN2O2/c15-10-3-1-9(2-4-10)8-19-14(18)12-6-5-11(16)7-13(12)17/h1-7H,8,16-17H2. The van der Waals surface area contributed by atoms with Crippen LogP contribution in [-0.2, 0) is 11.3 Å². The molecule has 5 heteroatoms. The van der Waals surface area contributed by atoms with Gasteiger partial charge in [-0.15, -0.1) is 0 Å². The molecule has 4 N–H and O–H groups in total. The summed E-state index contributed by atoms with van der Waals surface area (Å²) >= 11 is 2.22. The molecule has 2 rings (SSSR count). The van der Waals surface area contributed by atoms with E-state index >= 15 is 0 Å². The van der Waals surface area contributed by atoms with Crippen molar-refractivity contribution >= 4 is 39.9 Å². The zero-order valence-corrected chi connectivity index (χ0v) is 12.3. The maximum Gasteiger partial charge on any atom is 0.340 e. The number of hydrogen-bond acceptors (Lipinski definition) is 4. The molecule has 0 aromatic heterocycles. The molecule has 0 atom stereocenters. The van der Waals surface area contributed by atoms with Gasteiger partial charge in [0.1, 0.15) is 6.61 Å². The number of hydrogen-bond donors (Lipinski definition) is 2. The van der Waals surface area contributed by atoms with E-state index in [0.717, 1.165) is 9.13 Å². The first-order valence-corrected chi connectivity index (χ1v) is 6.70. The number of nitrogen functional groups attached to an aromatic ring is 2. The van der Waals surface area contributed by atoms with E-state index in [1.807, 2.05) is 24.3 Å². The second-order valence-corrected chi connectivity index (χ2v) is 5.29. The van der Waals surface area contributed by atoms with Gasteiger partial charge in [-0.2, -0.15) is 0 Å². The van der Waals surface area contributed by atoms with E-state index in [4.69, 9.17) is 16.2 Å². The van der Waals surface area contributed by atoms with Crippen molar-refractivity contribution in [3.8, 4) is 0 Å². The minimum Gasteiger partial charge on any atom is -0.457 e. The van der Waals surface area contributed by atoms with Crippen molar-refractivity contribution in [2.75, 3.05) is 11.5 Å². The summed E-state index contributed by atoms with van der Waals surface area (Å²) in [7, 11) is 0. The van der Waals surface area contributed by atoms with Crippen molar-refractivity contribution < 1.29 is 9.53 Å². The molecule has 2 aromatic carbocycles. The van der Waals surface area contributed by atoms with Gasteiger partial charge in [0.15, 0.2) is 0 Å². The summed E-state index contributed by atoms with van der Waals surface area (Å²) in [6.07, 6.45) is 0. The summed E-state index contributed by atoms with van der Waals surface area (Å²) in [4.78, 5) is 11.9. The van der Waals surface area contributed by atoms with Crippen LogP contribution in [0.25, 0.3) is 0 Å². The largest absolute Gasteiger partial charge is 0.457 e. The Hall–Kier alpha value is -1.76. The van der Waals surface area contributed by atoms with E-state index in [2.05, 4.69) is 22.6 Å². The molecule has 0 amide bonds. The molecule has 0 aliphatic carbocycles. The minimum absolute atomic E-state index is 0.222. The fourth-order valence-corrected chi connectivity index (χ4v) is 1.93. The molecule has 0 saturated carbocycles. The van der Waals surface area contributed by atoms with Crippen LogP contribution < -0.4 is 11.5 Å². The van der Waals surface area contributed by atoms with Gasteiger partial charge in [-0.1, -0.05) is 12.1 Å². The zero-order chi connectivity index (χ0) is 13.8. The van der Waals surface area contributed by atoms with E-state index in [9.17, 15) is 4.79 Å². The summed E-state index contributed by atoms with van der Waals surface area (Å²) in [6, 6.07) is 12.5. The van der Waals surface area contributed by atoms with Gasteiger partial charge in [-0.3, -0.25) is 0 Å². The van der Waals surface area contributed by atoms with Crippen LogP contribution in [0.2, 0.25) is 0 Å². The fraction of sp³-hybridized carbons (Fsp3) is 0.0714. The number of ether oxygens (including phenoxy) is 1. The second-order valence-electron chi connectivity index (χ2n) is 4.05. The number of halogens is 1. The molecule has 98 valence electrons. The highest BCUT2D eigenvalue weighted by Crippen LogP contribution is 2.17. The third kappa shape index (κ3) is 3.60. The number of anilines is 2. The van der Waals surface area contributed by atoms with Crippen LogP contribution >= 0.6 is 22.6 Å². The molecule has 0 spiro atoms. The van der Waals surface area contributed by atoms with Crippen molar-refractivity contribution in [1.82, 2.24) is 0 Å². The summed E-state index contributed by atoms with van der Waals surface area (Å²) in [5, 5.41) is 0. The normalized spacial score (nSPS) is 10.2. The Bertz CT molecular complexity index is 597. The monoisotopic (exact) mass is 368 g/mol. The maximum absolute atomic E-state index is 11.9. The van der Waals surface area contributed by atoms with Crippen LogP contribution in [-0.4, -0.2) is 5.97 Å². The van der Waals surface area contributed by atoms with Gasteiger partial charge in [0, 0.05) is 14.9 Å². The van der Waals surface area contributed by atoms with Crippen molar-refractivity contribution in [3.05, 3.63) is 57.2 Å². The Labute approximate surface area is 124 Å². The zero-order valence-electron chi connectivity index (χ0n) is 10.1. The molecular weight excluding hydrogens is 355 g/mol. The highest BCUT2D eigenvalue weighted by molar-refractivity contribution is 14.1. The lowest BCUT2D eigenvalue weighted by Crippen LogP contribution is -2.08. The smallest absolute Gasteiger partial charge is 0.340 e. The van der Waals surface area contributed by atoms with E-state index in [-0.39, 0.29) is 6.61 Å². The number of rotatable bonds is 3. The Morgan fingerprint density at radius 3 is 2.42 bits per heavy atom. The number of benzene rings is 2. The van der Waals surface area contributed by atoms with Crippen LogP contribution in [0.4, 0.5) is 11.4 Å². The molecule has 19 heavy (non-hydrogen) atoms. The van der Waals surface area contributed by atoms with Gasteiger partial charge >= 0.3 is 5.97 Å². The fourth-order valence-electron chi connectivity index (χ4n) is 1.57. The number of carbonyl (C=O) groups is 1. The highest BCUT2D eigenvalue weighted by atomic mass is 127. The molecule has 2 aromatic rings. The average molecular weight is 368 g/mol. The third-order valence-electron chi connectivity index (χ3n) is 2.58. The van der Waals surface area contributed by atoms with Gasteiger partial charge in [0.2, 0.25) is 0 Å². The van der Waals surface area contributed by atoms with Crippen molar-refractivity contribution in [2.45, 2.75) is 6.61 Å². The predicted octanol–water partition coefficient (Wildman–Crippen LogP) is 2.81. The van der Waals surface area contributed by atoms with E-state index in [1.165, 1.54) is 0 Å². The van der Waals surface area contributed by atoms with Gasteiger partial charge in [0.25, 0.3) is 0 Å². The quantitative estimate of drug-likeness (QED) is 0.496. The van der Waals surface area contributed by atoms with Crippen LogP contribution in [0, 0.1) is 3.57 Å². The van der Waals surface area contributed by atoms with Gasteiger partial charge in [-0.05, 0) is 58.5 Å². The lowest BCUT2D eigenvalue weighted by atomic mass is 10.1. The SMILES string of the molecule is Nc1ccc(C(=O)OCc2ccc(I)cc2)c(N)c1. The van der Waals surface area contributed by atoms with E-state index in [0.29, 0.717) is 16.9 Å². The van der Waals surface area contributed by atoms with Crippen LogP contribution in [0.1, 0.15) is 15.9 Å². The highest BCUT2D eigenvalue weighted by Gasteiger charge is 2.11. The Morgan fingerprint density at radius 1 is 1.11 bits per heavy atom. The number of nitrogens with two attached hydrogens (primary N) is 2. The molecule has 0 aliphatic heterocycles. The van der Waals surface area contributed by atoms with Gasteiger partial charge < -0.3 is 16.2 Å². The first-order chi connectivity index (χ1) is 9.06. The molecule has 0 saturated heterocycles. The van der Waals surface area contributed by atoms with Crippen molar-refractivity contribution in [3.63, 3.8) is 0 Å². The molecule has 0 bridgehead atoms. The van der Waals surface area contributed by atoms with Crippen molar-refractivity contribution in [1.29, 1.82) is 0 Å². The third-order valence-corrected chi connectivity index (χ3v) is 3.30. The summed E-state index contributed by atoms with van der Waals surface area (Å²) in [6.45, 7) is 0.222. The maximum atomic E-state index is 11.9. The first-order valence-electron chi connectivity index (χ1n) is 5.63. The summed E-state index contributed by atoms with van der Waals surface area (Å²) in [5.74, 6) is -0.448. The van der Waals surface area contributed by atoms with Crippen LogP contribution in [0.15, 0.2) is 42.5 Å². The first kappa shape index (κ1) is 13.7. The van der Waals surface area contributed by atoms with E-state index in [1.54, 1.807) is 18.2 Å². The van der Waals surface area contributed by atoms with Gasteiger partial charge in [-0.25, -0.2) is 4.79 Å². The Morgan fingerprint density at radius 2 is 1.79 bits per heavy atom. The molecule has 0 fully saturated rings. The molecule has 0 aliphatic rings. The topological polar surface area (TPSA) is 78.3 Å². The average Bonchev–Trinajstić information content (AvgIpc) is 2.37. The lowest BCUT2D eigenvalue weighted by Gasteiger charge is -2.07. The Balaban J connectivity index is 2.03. The lowest BCUT2D eigenvalue weighted by molar-refractivity contribution is 0.0474. The van der Waals surface area contributed by atoms with Crippen LogP contribution in [0.3, 0.4) is 0 Å². The Kier molecular flexibility index (Phi) is 4.26. The van der Waals surface area contributed by atoms with Gasteiger partial charge in [0.05, 0.1) is 5.56 Å². The minimum atomic E-state index is -0.448. The molecular formula is C14H13IN2O2. The molecule has 0 radical (unpaired) electrons. The molecule has 0 unspecified atom stereocenters. The van der Waals surface area contributed by atoms with E-state index < -0.39 is 5.97 Å².